The van der Waals surface area contributed by atoms with E-state index in [0.717, 1.165) is 35.5 Å². The van der Waals surface area contributed by atoms with E-state index in [1.165, 1.54) is 0 Å². The Kier molecular flexibility index (Phi) is 6.48. The number of carbonyl (C=O) groups is 1. The van der Waals surface area contributed by atoms with Crippen LogP contribution >= 0.6 is 0 Å². The molecule has 0 radical (unpaired) electrons. The van der Waals surface area contributed by atoms with Crippen LogP contribution in [-0.4, -0.2) is 20.7 Å². The molecular weight excluding hydrogens is 380 g/mol. The van der Waals surface area contributed by atoms with Crippen molar-refractivity contribution in [3.05, 3.63) is 64.8 Å². The zero-order valence-electron chi connectivity index (χ0n) is 17.5. The molecule has 0 aliphatic heterocycles. The minimum Gasteiger partial charge on any atom is -0.448 e. The summed E-state index contributed by atoms with van der Waals surface area (Å²) in [5.74, 6) is -0.224. The number of hydrogen-bond donors (Lipinski definition) is 0. The maximum Gasteiger partial charge on any atom is 0.349 e. The van der Waals surface area contributed by atoms with Crippen LogP contribution in [0.4, 0.5) is 0 Å². The van der Waals surface area contributed by atoms with Gasteiger partial charge in [-0.25, -0.2) is 4.79 Å². The van der Waals surface area contributed by atoms with E-state index in [4.69, 9.17) is 9.15 Å². The Labute approximate surface area is 175 Å². The monoisotopic (exact) mass is 404 g/mol. The minimum absolute atomic E-state index is 0.0820. The van der Waals surface area contributed by atoms with Crippen molar-refractivity contribution in [3.63, 3.8) is 0 Å². The van der Waals surface area contributed by atoms with Gasteiger partial charge in [-0.15, -0.1) is 10.2 Å². The summed E-state index contributed by atoms with van der Waals surface area (Å²) in [6.45, 7) is 8.60. The highest BCUT2D eigenvalue weighted by Crippen LogP contribution is 2.24. The van der Waals surface area contributed by atoms with Gasteiger partial charge >= 0.3 is 5.97 Å². The predicted octanol–water partition coefficient (Wildman–Crippen LogP) is 4.78. The summed E-state index contributed by atoms with van der Waals surface area (Å²) in [6.07, 6.45) is 1.78. The molecule has 2 heterocycles. The van der Waals surface area contributed by atoms with Crippen molar-refractivity contribution < 1.29 is 13.9 Å². The van der Waals surface area contributed by atoms with Crippen molar-refractivity contribution in [2.75, 3.05) is 0 Å². The first-order valence-corrected chi connectivity index (χ1v) is 9.82. The lowest BCUT2D eigenvalue weighted by molar-refractivity contribution is -0.144. The van der Waals surface area contributed by atoms with Gasteiger partial charge in [0, 0.05) is 23.5 Å². The molecule has 0 unspecified atom stereocenters. The molecule has 0 aliphatic carbocycles. The van der Waals surface area contributed by atoms with Crippen molar-refractivity contribution in [2.45, 2.75) is 46.8 Å². The predicted molar refractivity (Wildman–Crippen MR) is 112 cm³/mol. The standard InChI is InChI=1S/C23H24N4O3/c1-5-11-27-15(2)12-19(16(27)3)13-20(14-24)23(28)29-17(4)21-25-26-22(30-21)18-9-7-6-8-10-18/h6-10,12-13,17H,5,11H2,1-4H3/b20-13+/t17-/m1/s1. The number of aryl methyl sites for hydroxylation is 1. The smallest absolute Gasteiger partial charge is 0.349 e. The zero-order valence-corrected chi connectivity index (χ0v) is 17.5. The molecule has 30 heavy (non-hydrogen) atoms. The van der Waals surface area contributed by atoms with E-state index in [0.29, 0.717) is 5.89 Å². The van der Waals surface area contributed by atoms with Gasteiger partial charge in [0.1, 0.15) is 11.6 Å². The third kappa shape index (κ3) is 4.49. The van der Waals surface area contributed by atoms with Crippen molar-refractivity contribution in [3.8, 4) is 17.5 Å². The van der Waals surface area contributed by atoms with E-state index in [1.54, 1.807) is 13.0 Å². The first-order chi connectivity index (χ1) is 14.4. The van der Waals surface area contributed by atoms with Crippen LogP contribution in [-0.2, 0) is 16.1 Å². The summed E-state index contributed by atoms with van der Waals surface area (Å²) in [5, 5.41) is 17.5. The molecule has 0 aliphatic rings. The number of esters is 1. The van der Waals surface area contributed by atoms with Crippen LogP contribution in [0.3, 0.4) is 0 Å². The van der Waals surface area contributed by atoms with Crippen LogP contribution in [0.15, 0.2) is 46.4 Å². The van der Waals surface area contributed by atoms with E-state index in [1.807, 2.05) is 56.3 Å². The topological polar surface area (TPSA) is 93.9 Å². The molecule has 1 atom stereocenters. The molecule has 7 nitrogen and oxygen atoms in total. The van der Waals surface area contributed by atoms with Crippen LogP contribution < -0.4 is 0 Å². The lowest BCUT2D eigenvalue weighted by Crippen LogP contribution is -2.11. The summed E-state index contributed by atoms with van der Waals surface area (Å²) < 4.78 is 13.2. The molecule has 0 saturated heterocycles. The average molecular weight is 404 g/mol. The highest BCUT2D eigenvalue weighted by atomic mass is 16.6. The fourth-order valence-electron chi connectivity index (χ4n) is 3.20. The zero-order chi connectivity index (χ0) is 21.7. The van der Waals surface area contributed by atoms with Crippen LogP contribution in [0.5, 0.6) is 0 Å². The van der Waals surface area contributed by atoms with Gasteiger partial charge in [0.2, 0.25) is 5.89 Å². The maximum absolute atomic E-state index is 12.6. The van der Waals surface area contributed by atoms with Gasteiger partial charge in [0.05, 0.1) is 0 Å². The van der Waals surface area contributed by atoms with E-state index in [2.05, 4.69) is 21.7 Å². The molecule has 0 amide bonds. The van der Waals surface area contributed by atoms with Gasteiger partial charge in [-0.05, 0) is 57.0 Å². The highest BCUT2D eigenvalue weighted by Gasteiger charge is 2.22. The number of rotatable bonds is 7. The number of nitrogens with zero attached hydrogens (tertiary/aromatic N) is 4. The molecule has 3 rings (SSSR count). The van der Waals surface area contributed by atoms with Gasteiger partial charge < -0.3 is 13.7 Å². The fourth-order valence-corrected chi connectivity index (χ4v) is 3.20. The van der Waals surface area contributed by atoms with E-state index >= 15 is 0 Å². The van der Waals surface area contributed by atoms with Gasteiger partial charge in [-0.2, -0.15) is 5.26 Å². The third-order valence-electron chi connectivity index (χ3n) is 4.79. The van der Waals surface area contributed by atoms with Crippen molar-refractivity contribution in [1.29, 1.82) is 5.26 Å². The Bertz CT molecular complexity index is 1100. The summed E-state index contributed by atoms with van der Waals surface area (Å²) in [4.78, 5) is 12.6. The normalized spacial score (nSPS) is 12.4. The summed E-state index contributed by atoms with van der Waals surface area (Å²) in [6, 6.07) is 13.2. The molecule has 3 aromatic rings. The Hall–Kier alpha value is -3.66. The van der Waals surface area contributed by atoms with Gasteiger partial charge in [-0.3, -0.25) is 0 Å². The lowest BCUT2D eigenvalue weighted by atomic mass is 10.1. The minimum atomic E-state index is -0.785. The van der Waals surface area contributed by atoms with Crippen molar-refractivity contribution in [2.24, 2.45) is 0 Å². The number of ether oxygens (including phenoxy) is 1. The van der Waals surface area contributed by atoms with Gasteiger partial charge in [-0.1, -0.05) is 25.1 Å². The van der Waals surface area contributed by atoms with Crippen LogP contribution in [0.1, 0.15) is 49.2 Å². The number of benzene rings is 1. The maximum atomic E-state index is 12.6. The number of hydrogen-bond acceptors (Lipinski definition) is 6. The number of carbonyl (C=O) groups excluding carboxylic acids is 1. The van der Waals surface area contributed by atoms with Crippen LogP contribution in [0, 0.1) is 25.2 Å². The molecule has 1 aromatic carbocycles. The van der Waals surface area contributed by atoms with Gasteiger partial charge in [0.15, 0.2) is 6.10 Å². The molecule has 0 spiro atoms. The molecular formula is C23H24N4O3. The van der Waals surface area contributed by atoms with E-state index in [9.17, 15) is 10.1 Å². The Morgan fingerprint density at radius 2 is 2.03 bits per heavy atom. The van der Waals surface area contributed by atoms with Crippen LogP contribution in [0.25, 0.3) is 17.5 Å². The molecule has 154 valence electrons. The number of nitriles is 1. The molecule has 0 bridgehead atoms. The largest absolute Gasteiger partial charge is 0.448 e. The molecule has 0 N–H and O–H groups in total. The average Bonchev–Trinajstić information content (AvgIpc) is 3.34. The second-order valence-corrected chi connectivity index (χ2v) is 7.01. The Morgan fingerprint density at radius 3 is 2.70 bits per heavy atom. The van der Waals surface area contributed by atoms with Crippen molar-refractivity contribution >= 4 is 12.0 Å². The van der Waals surface area contributed by atoms with E-state index in [-0.39, 0.29) is 11.5 Å². The van der Waals surface area contributed by atoms with E-state index < -0.39 is 12.1 Å². The Morgan fingerprint density at radius 1 is 1.30 bits per heavy atom. The third-order valence-corrected chi connectivity index (χ3v) is 4.79. The first-order valence-electron chi connectivity index (χ1n) is 9.82. The lowest BCUT2D eigenvalue weighted by Gasteiger charge is -2.09. The fraction of sp³-hybridized carbons (Fsp3) is 0.304. The second kappa shape index (κ2) is 9.23. The van der Waals surface area contributed by atoms with Crippen molar-refractivity contribution in [1.82, 2.24) is 14.8 Å². The molecule has 2 aromatic heterocycles. The number of aromatic nitrogens is 3. The summed E-state index contributed by atoms with van der Waals surface area (Å²) in [5.41, 5.74) is 3.61. The summed E-state index contributed by atoms with van der Waals surface area (Å²) in [7, 11) is 0. The summed E-state index contributed by atoms with van der Waals surface area (Å²) >= 11 is 0. The Balaban J connectivity index is 1.76. The SMILES string of the molecule is CCCn1c(C)cc(/C=C(\C#N)C(=O)O[C@H](C)c2nnc(-c3ccccc3)o2)c1C. The first kappa shape index (κ1) is 21.1. The molecule has 0 saturated carbocycles. The van der Waals surface area contributed by atoms with Gasteiger partial charge in [0.25, 0.3) is 5.89 Å². The molecule has 0 fully saturated rings. The quantitative estimate of drug-likeness (QED) is 0.320. The van der Waals surface area contributed by atoms with Crippen LogP contribution in [0.2, 0.25) is 0 Å². The highest BCUT2D eigenvalue weighted by molar-refractivity contribution is 5.98. The molecule has 7 heteroatoms. The second-order valence-electron chi connectivity index (χ2n) is 7.01.